The molecular weight excluding hydrogens is 261 g/mol. The Kier molecular flexibility index (Phi) is 9.32. The van der Waals surface area contributed by atoms with Crippen LogP contribution in [0.15, 0.2) is 18.2 Å². The van der Waals surface area contributed by atoms with E-state index in [-0.39, 0.29) is 5.82 Å². The SMILES string of the molecule is CCCCCCCCC(NCCC)c1cc(F)ccc1C. The first-order valence-electron chi connectivity index (χ1n) is 8.68. The van der Waals surface area contributed by atoms with Crippen LogP contribution in [0, 0.1) is 12.7 Å². The maximum atomic E-state index is 13.5. The Morgan fingerprint density at radius 2 is 1.71 bits per heavy atom. The van der Waals surface area contributed by atoms with E-state index in [9.17, 15) is 4.39 Å². The number of halogens is 1. The van der Waals surface area contributed by atoms with Crippen LogP contribution in [0.5, 0.6) is 0 Å². The first-order valence-corrected chi connectivity index (χ1v) is 8.68. The van der Waals surface area contributed by atoms with E-state index in [1.54, 1.807) is 12.1 Å². The molecule has 0 saturated heterocycles. The maximum absolute atomic E-state index is 13.5. The molecule has 1 N–H and O–H groups in total. The van der Waals surface area contributed by atoms with Crippen LogP contribution in [0.4, 0.5) is 4.39 Å². The van der Waals surface area contributed by atoms with Crippen LogP contribution in [0.3, 0.4) is 0 Å². The summed E-state index contributed by atoms with van der Waals surface area (Å²) in [5.74, 6) is -0.123. The summed E-state index contributed by atoms with van der Waals surface area (Å²) in [5, 5.41) is 3.59. The normalized spacial score (nSPS) is 12.6. The van der Waals surface area contributed by atoms with Crippen LogP contribution in [0.2, 0.25) is 0 Å². The van der Waals surface area contributed by atoms with Gasteiger partial charge in [0.2, 0.25) is 0 Å². The molecule has 0 radical (unpaired) electrons. The van der Waals surface area contributed by atoms with Crippen LogP contribution in [0.1, 0.15) is 82.4 Å². The fourth-order valence-electron chi connectivity index (χ4n) is 2.80. The monoisotopic (exact) mass is 293 g/mol. The van der Waals surface area contributed by atoms with Gasteiger partial charge in [0, 0.05) is 6.04 Å². The van der Waals surface area contributed by atoms with Crippen molar-refractivity contribution in [1.82, 2.24) is 5.32 Å². The van der Waals surface area contributed by atoms with Crippen molar-refractivity contribution in [2.45, 2.75) is 78.2 Å². The van der Waals surface area contributed by atoms with Gasteiger partial charge in [0.05, 0.1) is 0 Å². The van der Waals surface area contributed by atoms with Crippen molar-refractivity contribution in [2.75, 3.05) is 6.54 Å². The summed E-state index contributed by atoms with van der Waals surface area (Å²) >= 11 is 0. The van der Waals surface area contributed by atoms with Gasteiger partial charge in [0.1, 0.15) is 5.82 Å². The highest BCUT2D eigenvalue weighted by molar-refractivity contribution is 5.29. The Balaban J connectivity index is 2.52. The van der Waals surface area contributed by atoms with E-state index >= 15 is 0 Å². The van der Waals surface area contributed by atoms with Crippen LogP contribution in [-0.4, -0.2) is 6.54 Å². The summed E-state index contributed by atoms with van der Waals surface area (Å²) in [5.41, 5.74) is 2.33. The smallest absolute Gasteiger partial charge is 0.123 e. The Bertz CT molecular complexity index is 389. The minimum atomic E-state index is -0.123. The molecule has 0 aliphatic carbocycles. The van der Waals surface area contributed by atoms with Gasteiger partial charge >= 0.3 is 0 Å². The molecule has 0 heterocycles. The van der Waals surface area contributed by atoms with Gasteiger partial charge in [-0.1, -0.05) is 58.4 Å². The maximum Gasteiger partial charge on any atom is 0.123 e. The second-order valence-electron chi connectivity index (χ2n) is 6.06. The van der Waals surface area contributed by atoms with Crippen LogP contribution in [0.25, 0.3) is 0 Å². The molecule has 1 atom stereocenters. The third kappa shape index (κ3) is 7.08. The highest BCUT2D eigenvalue weighted by Crippen LogP contribution is 2.24. The third-order valence-corrected chi connectivity index (χ3v) is 4.10. The number of unbranched alkanes of at least 4 members (excludes halogenated alkanes) is 5. The highest BCUT2D eigenvalue weighted by Gasteiger charge is 2.13. The largest absolute Gasteiger partial charge is 0.310 e. The van der Waals surface area contributed by atoms with Gasteiger partial charge < -0.3 is 5.32 Å². The fourth-order valence-corrected chi connectivity index (χ4v) is 2.80. The quantitative estimate of drug-likeness (QED) is 0.499. The van der Waals surface area contributed by atoms with Crippen molar-refractivity contribution < 1.29 is 4.39 Å². The third-order valence-electron chi connectivity index (χ3n) is 4.10. The molecule has 120 valence electrons. The standard InChI is InChI=1S/C19H32FN/c1-4-6-7-8-9-10-11-19(21-14-5-2)18-15-17(20)13-12-16(18)3/h12-13,15,19,21H,4-11,14H2,1-3H3. The first kappa shape index (κ1) is 18.2. The molecule has 0 aliphatic rings. The van der Waals surface area contributed by atoms with E-state index in [1.807, 2.05) is 6.07 Å². The molecular formula is C19H32FN. The molecule has 1 unspecified atom stereocenters. The Labute approximate surface area is 130 Å². The second-order valence-corrected chi connectivity index (χ2v) is 6.06. The number of hydrogen-bond donors (Lipinski definition) is 1. The predicted octanol–water partition coefficient (Wildman–Crippen LogP) is 5.93. The summed E-state index contributed by atoms with van der Waals surface area (Å²) in [6.07, 6.45) is 10.1. The molecule has 1 nitrogen and oxygen atoms in total. The van der Waals surface area contributed by atoms with Crippen molar-refractivity contribution >= 4 is 0 Å². The fraction of sp³-hybridized carbons (Fsp3) is 0.684. The van der Waals surface area contributed by atoms with E-state index in [2.05, 4.69) is 26.1 Å². The first-order chi connectivity index (χ1) is 10.2. The Morgan fingerprint density at radius 1 is 1.00 bits per heavy atom. The molecule has 0 spiro atoms. The molecule has 1 aromatic carbocycles. The van der Waals surface area contributed by atoms with Crippen molar-refractivity contribution in [1.29, 1.82) is 0 Å². The van der Waals surface area contributed by atoms with Crippen molar-refractivity contribution in [2.24, 2.45) is 0 Å². The minimum absolute atomic E-state index is 0.123. The molecule has 0 amide bonds. The summed E-state index contributed by atoms with van der Waals surface area (Å²) < 4.78 is 13.5. The van der Waals surface area contributed by atoms with Gasteiger partial charge in [-0.2, -0.15) is 0 Å². The van der Waals surface area contributed by atoms with Gasteiger partial charge in [-0.25, -0.2) is 4.39 Å². The average Bonchev–Trinajstić information content (AvgIpc) is 2.48. The molecule has 1 rings (SSSR count). The highest BCUT2D eigenvalue weighted by atomic mass is 19.1. The lowest BCUT2D eigenvalue weighted by atomic mass is 9.95. The molecule has 21 heavy (non-hydrogen) atoms. The van der Waals surface area contributed by atoms with E-state index in [0.717, 1.165) is 24.9 Å². The molecule has 0 aliphatic heterocycles. The van der Waals surface area contributed by atoms with Crippen molar-refractivity contribution in [3.8, 4) is 0 Å². The zero-order valence-electron chi connectivity index (χ0n) is 14.1. The van der Waals surface area contributed by atoms with Crippen LogP contribution < -0.4 is 5.32 Å². The average molecular weight is 293 g/mol. The Morgan fingerprint density at radius 3 is 2.43 bits per heavy atom. The van der Waals surface area contributed by atoms with E-state index in [4.69, 9.17) is 0 Å². The second kappa shape index (κ2) is 10.8. The number of benzene rings is 1. The van der Waals surface area contributed by atoms with Crippen LogP contribution >= 0.6 is 0 Å². The van der Waals surface area contributed by atoms with Gasteiger partial charge in [0.15, 0.2) is 0 Å². The van der Waals surface area contributed by atoms with E-state index in [0.29, 0.717) is 6.04 Å². The summed E-state index contributed by atoms with van der Waals surface area (Å²) in [6.45, 7) is 7.50. The summed E-state index contributed by atoms with van der Waals surface area (Å²) in [4.78, 5) is 0. The predicted molar refractivity (Wildman–Crippen MR) is 90.2 cm³/mol. The van der Waals surface area contributed by atoms with Crippen molar-refractivity contribution in [3.63, 3.8) is 0 Å². The van der Waals surface area contributed by atoms with Gasteiger partial charge in [-0.15, -0.1) is 0 Å². The zero-order chi connectivity index (χ0) is 15.5. The summed E-state index contributed by atoms with van der Waals surface area (Å²) in [7, 11) is 0. The number of aryl methyl sites for hydroxylation is 1. The number of hydrogen-bond acceptors (Lipinski definition) is 1. The lowest BCUT2D eigenvalue weighted by Crippen LogP contribution is -2.23. The zero-order valence-corrected chi connectivity index (χ0v) is 14.1. The van der Waals surface area contributed by atoms with Crippen LogP contribution in [-0.2, 0) is 0 Å². The van der Waals surface area contributed by atoms with E-state index < -0.39 is 0 Å². The lowest BCUT2D eigenvalue weighted by molar-refractivity contribution is 0.463. The minimum Gasteiger partial charge on any atom is -0.310 e. The number of rotatable bonds is 11. The molecule has 2 heteroatoms. The topological polar surface area (TPSA) is 12.0 Å². The molecule has 0 aromatic heterocycles. The van der Waals surface area contributed by atoms with Gasteiger partial charge in [-0.3, -0.25) is 0 Å². The molecule has 0 fully saturated rings. The number of nitrogens with one attached hydrogen (secondary N) is 1. The van der Waals surface area contributed by atoms with Crippen molar-refractivity contribution in [3.05, 3.63) is 35.1 Å². The Hall–Kier alpha value is -0.890. The van der Waals surface area contributed by atoms with Gasteiger partial charge in [-0.05, 0) is 49.6 Å². The molecule has 0 saturated carbocycles. The van der Waals surface area contributed by atoms with E-state index in [1.165, 1.54) is 44.1 Å². The lowest BCUT2D eigenvalue weighted by Gasteiger charge is -2.21. The summed E-state index contributed by atoms with van der Waals surface area (Å²) in [6, 6.07) is 5.46. The molecule has 0 bridgehead atoms. The molecule has 1 aromatic rings. The van der Waals surface area contributed by atoms with Gasteiger partial charge in [0.25, 0.3) is 0 Å².